The lowest BCUT2D eigenvalue weighted by Gasteiger charge is -2.13. The third-order valence-corrected chi connectivity index (χ3v) is 2.39. The van der Waals surface area contributed by atoms with Crippen LogP contribution in [-0.4, -0.2) is 48.5 Å². The lowest BCUT2D eigenvalue weighted by molar-refractivity contribution is -0.121. The van der Waals surface area contributed by atoms with E-state index in [0.29, 0.717) is 19.7 Å². The summed E-state index contributed by atoms with van der Waals surface area (Å²) in [5.74, 6) is -0.0174. The molecule has 1 aromatic heterocycles. The summed E-state index contributed by atoms with van der Waals surface area (Å²) in [7, 11) is 1.62. The first-order chi connectivity index (χ1) is 8.61. The van der Waals surface area contributed by atoms with Crippen molar-refractivity contribution >= 4 is 5.91 Å². The van der Waals surface area contributed by atoms with E-state index in [1.807, 2.05) is 30.9 Å². The molecule has 0 bridgehead atoms. The van der Waals surface area contributed by atoms with Gasteiger partial charge in [-0.15, -0.1) is 0 Å². The summed E-state index contributed by atoms with van der Waals surface area (Å²) in [5.41, 5.74) is 1.14. The number of ether oxygens (including phenoxy) is 1. The summed E-state index contributed by atoms with van der Waals surface area (Å²) in [6.45, 7) is 6.23. The molecule has 2 N–H and O–H groups in total. The molecule has 1 aromatic rings. The molecular weight excluding hydrogens is 232 g/mol. The Balaban J connectivity index is 2.08. The maximum absolute atomic E-state index is 11.5. The van der Waals surface area contributed by atoms with Crippen molar-refractivity contribution in [2.45, 2.75) is 26.4 Å². The Labute approximate surface area is 108 Å². The maximum atomic E-state index is 11.5. The van der Waals surface area contributed by atoms with E-state index in [1.54, 1.807) is 7.11 Å². The van der Waals surface area contributed by atoms with E-state index in [-0.39, 0.29) is 11.9 Å². The molecule has 0 fully saturated rings. The number of carbonyl (C=O) groups excluding carboxylic acids is 1. The minimum Gasteiger partial charge on any atom is -0.383 e. The Bertz CT molecular complexity index is 365. The van der Waals surface area contributed by atoms with Crippen LogP contribution in [0.1, 0.15) is 12.5 Å². The third-order valence-electron chi connectivity index (χ3n) is 2.39. The first-order valence-corrected chi connectivity index (χ1v) is 6.10. The highest BCUT2D eigenvalue weighted by Gasteiger charge is 2.05. The van der Waals surface area contributed by atoms with Gasteiger partial charge in [-0.25, -0.2) is 0 Å². The van der Waals surface area contributed by atoms with Crippen LogP contribution < -0.4 is 10.6 Å². The summed E-state index contributed by atoms with van der Waals surface area (Å²) < 4.78 is 6.80. The second kappa shape index (κ2) is 7.84. The van der Waals surface area contributed by atoms with Gasteiger partial charge in [-0.2, -0.15) is 5.10 Å². The average molecular weight is 254 g/mol. The van der Waals surface area contributed by atoms with E-state index >= 15 is 0 Å². The number of nitrogens with zero attached hydrogens (tertiary/aromatic N) is 2. The van der Waals surface area contributed by atoms with Crippen LogP contribution in [0, 0.1) is 6.92 Å². The average Bonchev–Trinajstić information content (AvgIpc) is 2.71. The lowest BCUT2D eigenvalue weighted by atomic mass is 10.3. The van der Waals surface area contributed by atoms with Gasteiger partial charge in [0, 0.05) is 25.9 Å². The summed E-state index contributed by atoms with van der Waals surface area (Å²) in [6, 6.07) is 0.0399. The van der Waals surface area contributed by atoms with Gasteiger partial charge >= 0.3 is 0 Å². The predicted molar refractivity (Wildman–Crippen MR) is 69.3 cm³/mol. The van der Waals surface area contributed by atoms with E-state index in [4.69, 9.17) is 4.74 Å². The van der Waals surface area contributed by atoms with Gasteiger partial charge < -0.3 is 15.4 Å². The quantitative estimate of drug-likeness (QED) is 0.637. The number of aryl methyl sites for hydroxylation is 1. The molecule has 18 heavy (non-hydrogen) atoms. The normalized spacial score (nSPS) is 12.4. The molecule has 0 aromatic carbocycles. The zero-order chi connectivity index (χ0) is 13.4. The molecule has 1 atom stereocenters. The van der Waals surface area contributed by atoms with Crippen LogP contribution in [0.4, 0.5) is 0 Å². The summed E-state index contributed by atoms with van der Waals surface area (Å²) in [6.07, 6.45) is 3.79. The minimum absolute atomic E-state index is 0.0174. The standard InChI is InChI=1S/C12H22N4O2/c1-10-6-14-16(8-10)5-4-13-7-12(17)15-11(2)9-18-3/h6,8,11,13H,4-5,7,9H2,1-3H3,(H,15,17). The number of methoxy groups -OCH3 is 1. The Morgan fingerprint density at radius 1 is 1.61 bits per heavy atom. The van der Waals surface area contributed by atoms with Crippen LogP contribution in [0.5, 0.6) is 0 Å². The summed E-state index contributed by atoms with van der Waals surface area (Å²) >= 11 is 0. The second-order valence-electron chi connectivity index (χ2n) is 4.38. The molecule has 6 heteroatoms. The van der Waals surface area contributed by atoms with Gasteiger partial charge in [-0.3, -0.25) is 9.48 Å². The number of rotatable bonds is 8. The Hall–Kier alpha value is -1.40. The van der Waals surface area contributed by atoms with Crippen LogP contribution in [0.3, 0.4) is 0 Å². The molecule has 0 aliphatic rings. The van der Waals surface area contributed by atoms with Gasteiger partial charge in [-0.1, -0.05) is 0 Å². The largest absolute Gasteiger partial charge is 0.383 e. The van der Waals surface area contributed by atoms with Gasteiger partial charge in [0.2, 0.25) is 5.91 Å². The predicted octanol–water partition coefficient (Wildman–Crippen LogP) is -0.0678. The number of aromatic nitrogens is 2. The van der Waals surface area contributed by atoms with Gasteiger partial charge in [0.1, 0.15) is 0 Å². The number of amides is 1. The fraction of sp³-hybridized carbons (Fsp3) is 0.667. The maximum Gasteiger partial charge on any atom is 0.234 e. The van der Waals surface area contributed by atoms with E-state index in [1.165, 1.54) is 0 Å². The van der Waals surface area contributed by atoms with Gasteiger partial charge in [0.15, 0.2) is 0 Å². The summed E-state index contributed by atoms with van der Waals surface area (Å²) in [4.78, 5) is 11.5. The Kier molecular flexibility index (Phi) is 6.38. The zero-order valence-electron chi connectivity index (χ0n) is 11.3. The molecule has 1 amide bonds. The highest BCUT2D eigenvalue weighted by atomic mass is 16.5. The molecule has 1 unspecified atom stereocenters. The first-order valence-electron chi connectivity index (χ1n) is 6.10. The topological polar surface area (TPSA) is 68.2 Å². The molecule has 102 valence electrons. The molecular formula is C12H22N4O2. The van der Waals surface area contributed by atoms with Crippen molar-refractivity contribution in [3.63, 3.8) is 0 Å². The first kappa shape index (κ1) is 14.7. The lowest BCUT2D eigenvalue weighted by Crippen LogP contribution is -2.41. The fourth-order valence-corrected chi connectivity index (χ4v) is 1.60. The van der Waals surface area contributed by atoms with E-state index in [0.717, 1.165) is 12.1 Å². The van der Waals surface area contributed by atoms with Crippen molar-refractivity contribution in [1.29, 1.82) is 0 Å². The molecule has 0 saturated heterocycles. The third kappa shape index (κ3) is 5.79. The van der Waals surface area contributed by atoms with Crippen LogP contribution in [0.2, 0.25) is 0 Å². The molecule has 6 nitrogen and oxygen atoms in total. The number of nitrogens with one attached hydrogen (secondary N) is 2. The minimum atomic E-state index is -0.0174. The second-order valence-corrected chi connectivity index (χ2v) is 4.38. The van der Waals surface area contributed by atoms with Crippen molar-refractivity contribution in [2.24, 2.45) is 0 Å². The molecule has 0 saturated carbocycles. The van der Waals surface area contributed by atoms with Gasteiger partial charge in [0.25, 0.3) is 0 Å². The smallest absolute Gasteiger partial charge is 0.234 e. The monoisotopic (exact) mass is 254 g/mol. The highest BCUT2D eigenvalue weighted by molar-refractivity contribution is 5.78. The van der Waals surface area contributed by atoms with Crippen molar-refractivity contribution in [2.75, 3.05) is 26.8 Å². The van der Waals surface area contributed by atoms with Crippen LogP contribution in [-0.2, 0) is 16.1 Å². The van der Waals surface area contributed by atoms with E-state index in [9.17, 15) is 4.79 Å². The summed E-state index contributed by atoms with van der Waals surface area (Å²) in [5, 5.41) is 10.1. The van der Waals surface area contributed by atoms with E-state index < -0.39 is 0 Å². The molecule has 1 heterocycles. The number of hydrogen-bond acceptors (Lipinski definition) is 4. The fourth-order valence-electron chi connectivity index (χ4n) is 1.60. The van der Waals surface area contributed by atoms with Crippen LogP contribution >= 0.6 is 0 Å². The van der Waals surface area contributed by atoms with Crippen molar-refractivity contribution < 1.29 is 9.53 Å². The Morgan fingerprint density at radius 3 is 3.00 bits per heavy atom. The SMILES string of the molecule is COCC(C)NC(=O)CNCCn1cc(C)cn1. The zero-order valence-corrected chi connectivity index (χ0v) is 11.3. The number of hydrogen-bond donors (Lipinski definition) is 2. The van der Waals surface area contributed by atoms with Gasteiger partial charge in [-0.05, 0) is 19.4 Å². The molecule has 0 aliphatic heterocycles. The van der Waals surface area contributed by atoms with Crippen LogP contribution in [0.25, 0.3) is 0 Å². The van der Waals surface area contributed by atoms with Crippen molar-refractivity contribution in [3.05, 3.63) is 18.0 Å². The molecule has 0 spiro atoms. The molecule has 1 rings (SSSR count). The van der Waals surface area contributed by atoms with Crippen LogP contribution in [0.15, 0.2) is 12.4 Å². The Morgan fingerprint density at radius 2 is 2.39 bits per heavy atom. The van der Waals surface area contributed by atoms with E-state index in [2.05, 4.69) is 15.7 Å². The number of carbonyl (C=O) groups is 1. The highest BCUT2D eigenvalue weighted by Crippen LogP contribution is 1.92. The van der Waals surface area contributed by atoms with Crippen molar-refractivity contribution in [1.82, 2.24) is 20.4 Å². The molecule has 0 radical (unpaired) electrons. The van der Waals surface area contributed by atoms with Gasteiger partial charge in [0.05, 0.1) is 25.9 Å². The molecule has 0 aliphatic carbocycles. The van der Waals surface area contributed by atoms with Crippen molar-refractivity contribution in [3.8, 4) is 0 Å².